The highest BCUT2D eigenvalue weighted by molar-refractivity contribution is 7.90. The number of aromatic nitrogens is 3. The maximum atomic E-state index is 14.6. The van der Waals surface area contributed by atoms with Gasteiger partial charge in [0.2, 0.25) is 0 Å². The Kier molecular flexibility index (Phi) is 4.67. The van der Waals surface area contributed by atoms with Gasteiger partial charge in [0, 0.05) is 18.1 Å². The van der Waals surface area contributed by atoms with Crippen LogP contribution in [0.2, 0.25) is 0 Å². The summed E-state index contributed by atoms with van der Waals surface area (Å²) in [5, 5.41) is 3.08. The number of nitrogens with zero attached hydrogens (tertiary/aromatic N) is 2. The monoisotopic (exact) mass is 412 g/mol. The lowest BCUT2D eigenvalue weighted by Crippen LogP contribution is -1.99. The number of aromatic amines is 1. The van der Waals surface area contributed by atoms with Gasteiger partial charge < -0.3 is 15.0 Å². The number of imidazole rings is 1. The van der Waals surface area contributed by atoms with E-state index >= 15 is 0 Å². The summed E-state index contributed by atoms with van der Waals surface area (Å²) in [6.45, 7) is 0. The Morgan fingerprint density at radius 1 is 1.14 bits per heavy atom. The minimum Gasteiger partial charge on any atom is -0.494 e. The second-order valence-corrected chi connectivity index (χ2v) is 8.40. The Labute approximate surface area is 166 Å². The number of sulfone groups is 1. The largest absolute Gasteiger partial charge is 0.494 e. The van der Waals surface area contributed by atoms with E-state index in [1.807, 2.05) is 0 Å². The van der Waals surface area contributed by atoms with Crippen LogP contribution < -0.4 is 10.1 Å². The molecule has 2 aromatic carbocycles. The van der Waals surface area contributed by atoms with Gasteiger partial charge in [0.15, 0.2) is 27.2 Å². The van der Waals surface area contributed by atoms with Gasteiger partial charge in [-0.3, -0.25) is 0 Å². The predicted octanol–water partition coefficient (Wildman–Crippen LogP) is 3.92. The lowest BCUT2D eigenvalue weighted by Gasteiger charge is -2.07. The number of nitrogens with one attached hydrogen (secondary N) is 2. The lowest BCUT2D eigenvalue weighted by atomic mass is 10.2. The molecule has 0 aliphatic rings. The molecule has 0 aliphatic heterocycles. The van der Waals surface area contributed by atoms with Gasteiger partial charge in [-0.15, -0.1) is 0 Å². The number of rotatable bonds is 5. The number of methoxy groups -OCH3 is 1. The molecule has 29 heavy (non-hydrogen) atoms. The molecule has 0 unspecified atom stereocenters. The van der Waals surface area contributed by atoms with Crippen LogP contribution in [-0.2, 0) is 9.84 Å². The average Bonchev–Trinajstić information content (AvgIpc) is 3.13. The zero-order valence-corrected chi connectivity index (χ0v) is 16.4. The summed E-state index contributed by atoms with van der Waals surface area (Å²) in [4.78, 5) is 12.1. The van der Waals surface area contributed by atoms with E-state index in [9.17, 15) is 12.8 Å². The van der Waals surface area contributed by atoms with Gasteiger partial charge in [-0.2, -0.15) is 0 Å². The van der Waals surface area contributed by atoms with E-state index < -0.39 is 15.7 Å². The third-order valence-corrected chi connectivity index (χ3v) is 5.47. The van der Waals surface area contributed by atoms with Crippen LogP contribution in [0.25, 0.3) is 22.4 Å². The van der Waals surface area contributed by atoms with Crippen LogP contribution in [0.4, 0.5) is 15.9 Å². The fourth-order valence-electron chi connectivity index (χ4n) is 2.95. The first-order valence-electron chi connectivity index (χ1n) is 8.61. The first kappa shape index (κ1) is 18.9. The molecular formula is C20H17FN4O3S. The highest BCUT2D eigenvalue weighted by atomic mass is 32.2. The maximum Gasteiger partial charge on any atom is 0.175 e. The summed E-state index contributed by atoms with van der Waals surface area (Å²) in [6, 6.07) is 12.9. The molecule has 4 aromatic rings. The number of benzene rings is 2. The van der Waals surface area contributed by atoms with Gasteiger partial charge in [-0.1, -0.05) is 12.1 Å². The highest BCUT2D eigenvalue weighted by Gasteiger charge is 2.16. The number of hydrogen-bond acceptors (Lipinski definition) is 6. The topological polar surface area (TPSA) is 97.0 Å². The van der Waals surface area contributed by atoms with Crippen molar-refractivity contribution in [1.82, 2.24) is 15.0 Å². The van der Waals surface area contributed by atoms with Crippen molar-refractivity contribution in [3.8, 4) is 17.1 Å². The minimum absolute atomic E-state index is 0.122. The van der Waals surface area contributed by atoms with E-state index in [2.05, 4.69) is 20.3 Å². The van der Waals surface area contributed by atoms with Crippen LogP contribution in [0.15, 0.2) is 59.6 Å². The second-order valence-electron chi connectivity index (χ2n) is 6.39. The Balaban J connectivity index is 1.77. The van der Waals surface area contributed by atoms with E-state index in [0.29, 0.717) is 28.4 Å². The quantitative estimate of drug-likeness (QED) is 0.516. The maximum absolute atomic E-state index is 14.6. The molecule has 2 heterocycles. The molecule has 0 amide bonds. The molecule has 0 saturated carbocycles. The number of hydrogen-bond donors (Lipinski definition) is 2. The summed E-state index contributed by atoms with van der Waals surface area (Å²) < 4.78 is 43.2. The molecule has 0 spiro atoms. The zero-order chi connectivity index (χ0) is 20.6. The van der Waals surface area contributed by atoms with Gasteiger partial charge in [0.1, 0.15) is 11.3 Å². The standard InChI is InChI=1S/C20H17FN4O3S/c1-28-16-8-4-7-14(17(16)21)19-24-15-9-10-22-20(18(15)25-19)23-12-5-3-6-13(11-12)29(2,26)27/h3-11H,1-2H3,(H,22,23)(H,24,25). The first-order chi connectivity index (χ1) is 13.9. The fourth-order valence-corrected chi connectivity index (χ4v) is 3.61. The summed E-state index contributed by atoms with van der Waals surface area (Å²) in [5.41, 5.74) is 1.96. The van der Waals surface area contributed by atoms with Gasteiger partial charge in [0.05, 0.1) is 23.1 Å². The molecule has 7 nitrogen and oxygen atoms in total. The molecule has 9 heteroatoms. The molecule has 0 fully saturated rings. The molecule has 148 valence electrons. The molecule has 2 aromatic heterocycles. The predicted molar refractivity (Wildman–Crippen MR) is 109 cm³/mol. The van der Waals surface area contributed by atoms with Crippen molar-refractivity contribution in [3.05, 3.63) is 60.5 Å². The van der Waals surface area contributed by atoms with E-state index in [4.69, 9.17) is 4.74 Å². The van der Waals surface area contributed by atoms with Crippen molar-refractivity contribution in [2.75, 3.05) is 18.7 Å². The number of halogens is 1. The minimum atomic E-state index is -3.34. The van der Waals surface area contributed by atoms with Gasteiger partial charge >= 0.3 is 0 Å². The first-order valence-corrected chi connectivity index (χ1v) is 10.5. The van der Waals surface area contributed by atoms with Crippen molar-refractivity contribution < 1.29 is 17.5 Å². The normalized spacial score (nSPS) is 11.6. The van der Waals surface area contributed by atoms with Crippen molar-refractivity contribution in [3.63, 3.8) is 0 Å². The molecule has 2 N–H and O–H groups in total. The Morgan fingerprint density at radius 3 is 2.69 bits per heavy atom. The van der Waals surface area contributed by atoms with Crippen LogP contribution in [0.5, 0.6) is 5.75 Å². The van der Waals surface area contributed by atoms with E-state index in [-0.39, 0.29) is 16.2 Å². The van der Waals surface area contributed by atoms with Crippen molar-refractivity contribution in [2.45, 2.75) is 4.90 Å². The van der Waals surface area contributed by atoms with Crippen molar-refractivity contribution >= 4 is 32.4 Å². The molecule has 4 rings (SSSR count). The van der Waals surface area contributed by atoms with Crippen LogP contribution in [0, 0.1) is 5.82 Å². The van der Waals surface area contributed by atoms with Gasteiger partial charge in [-0.05, 0) is 36.4 Å². The number of ether oxygens (including phenoxy) is 1. The Bertz CT molecular complexity index is 1320. The molecule has 0 radical (unpaired) electrons. The Morgan fingerprint density at radius 2 is 1.93 bits per heavy atom. The van der Waals surface area contributed by atoms with E-state index in [1.54, 1.807) is 36.5 Å². The SMILES string of the molecule is COc1cccc(-c2nc3c(Nc4cccc(S(C)(=O)=O)c4)nccc3[nH]2)c1F. The van der Waals surface area contributed by atoms with Crippen LogP contribution in [0.3, 0.4) is 0 Å². The lowest BCUT2D eigenvalue weighted by molar-refractivity contribution is 0.387. The third kappa shape index (κ3) is 3.64. The summed E-state index contributed by atoms with van der Waals surface area (Å²) in [5.74, 6) is 0.352. The molecular weight excluding hydrogens is 395 g/mol. The van der Waals surface area contributed by atoms with E-state index in [1.165, 1.54) is 25.3 Å². The summed E-state index contributed by atoms with van der Waals surface area (Å²) in [7, 11) is -1.94. The number of anilines is 2. The molecule has 0 bridgehead atoms. The summed E-state index contributed by atoms with van der Waals surface area (Å²) in [6.07, 6.45) is 2.72. The van der Waals surface area contributed by atoms with Crippen molar-refractivity contribution in [1.29, 1.82) is 0 Å². The molecule has 0 aliphatic carbocycles. The van der Waals surface area contributed by atoms with Crippen LogP contribution in [0.1, 0.15) is 0 Å². The smallest absolute Gasteiger partial charge is 0.175 e. The van der Waals surface area contributed by atoms with Crippen molar-refractivity contribution in [2.24, 2.45) is 0 Å². The average molecular weight is 412 g/mol. The molecule has 0 atom stereocenters. The number of fused-ring (bicyclic) bond motifs is 1. The fraction of sp³-hybridized carbons (Fsp3) is 0.100. The third-order valence-electron chi connectivity index (χ3n) is 4.36. The van der Waals surface area contributed by atoms with Crippen LogP contribution in [-0.4, -0.2) is 36.7 Å². The zero-order valence-electron chi connectivity index (χ0n) is 15.6. The van der Waals surface area contributed by atoms with E-state index in [0.717, 1.165) is 6.26 Å². The van der Waals surface area contributed by atoms with Gasteiger partial charge in [-0.25, -0.2) is 22.8 Å². The number of H-pyrrole nitrogens is 1. The molecule has 0 saturated heterocycles. The second kappa shape index (κ2) is 7.17. The van der Waals surface area contributed by atoms with Crippen LogP contribution >= 0.6 is 0 Å². The number of pyridine rings is 1. The Hall–Kier alpha value is -3.46. The summed E-state index contributed by atoms with van der Waals surface area (Å²) >= 11 is 0. The van der Waals surface area contributed by atoms with Gasteiger partial charge in [0.25, 0.3) is 0 Å². The highest BCUT2D eigenvalue weighted by Crippen LogP contribution is 2.31.